The van der Waals surface area contributed by atoms with Gasteiger partial charge in [0.15, 0.2) is 0 Å². The van der Waals surface area contributed by atoms with Crippen LogP contribution in [-0.2, 0) is 20.8 Å². The van der Waals surface area contributed by atoms with Crippen LogP contribution in [0.15, 0.2) is 14.4 Å². The molecule has 1 aromatic rings. The zero-order valence-electron chi connectivity index (χ0n) is 12.4. The third-order valence-electron chi connectivity index (χ3n) is 2.67. The Kier molecular flexibility index (Phi) is 6.53. The van der Waals surface area contributed by atoms with E-state index in [9.17, 15) is 14.4 Å². The summed E-state index contributed by atoms with van der Waals surface area (Å²) >= 11 is 0. The second-order valence-electron chi connectivity index (χ2n) is 4.07. The van der Waals surface area contributed by atoms with Gasteiger partial charge in [-0.15, -0.1) is 0 Å². The number of aromatic amines is 2. The fourth-order valence-electron chi connectivity index (χ4n) is 1.91. The molecule has 0 aromatic carbocycles. The minimum atomic E-state index is -1.32. The van der Waals surface area contributed by atoms with E-state index in [0.717, 1.165) is 4.57 Å². The number of nitrogens with zero attached hydrogens (tertiary/aromatic N) is 1. The molecular weight excluding hydrogens is 282 g/mol. The molecule has 120 valence electrons. The molecule has 1 aromatic heterocycles. The summed E-state index contributed by atoms with van der Waals surface area (Å²) in [6.45, 7) is 6.36. The maximum Gasteiger partial charge on any atom is 0.333 e. The van der Waals surface area contributed by atoms with Crippen LogP contribution in [0, 0.1) is 0 Å². The van der Waals surface area contributed by atoms with E-state index in [2.05, 4.69) is 0 Å². The second-order valence-corrected chi connectivity index (χ2v) is 4.07. The van der Waals surface area contributed by atoms with Crippen molar-refractivity contribution in [2.45, 2.75) is 39.7 Å². The lowest BCUT2D eigenvalue weighted by molar-refractivity contribution is -0.380. The standard InChI is InChI=1S/C12H21N3O6/c1-4-19-12(20-5-2,21-6-3)7-8-15-10(17)13-9(16)14-11(15)18/h4-8H2,1-3H3,(H2,13,14,16,17,18). The monoisotopic (exact) mass is 303 g/mol. The van der Waals surface area contributed by atoms with E-state index in [1.165, 1.54) is 0 Å². The first-order valence-corrected chi connectivity index (χ1v) is 6.83. The van der Waals surface area contributed by atoms with E-state index in [0.29, 0.717) is 19.8 Å². The Balaban J connectivity index is 2.98. The van der Waals surface area contributed by atoms with Crippen LogP contribution in [-0.4, -0.2) is 40.3 Å². The van der Waals surface area contributed by atoms with Gasteiger partial charge in [-0.05, 0) is 20.8 Å². The average molecular weight is 303 g/mol. The van der Waals surface area contributed by atoms with Crippen LogP contribution in [0.25, 0.3) is 0 Å². The van der Waals surface area contributed by atoms with Crippen LogP contribution >= 0.6 is 0 Å². The molecule has 9 nitrogen and oxygen atoms in total. The molecule has 1 heterocycles. The van der Waals surface area contributed by atoms with Crippen molar-refractivity contribution in [3.63, 3.8) is 0 Å². The molecule has 1 rings (SSSR count). The average Bonchev–Trinajstić information content (AvgIpc) is 2.38. The Morgan fingerprint density at radius 1 is 0.905 bits per heavy atom. The SMILES string of the molecule is CCOC(CCn1c(=O)[nH]c(=O)[nH]c1=O)(OCC)OCC. The highest BCUT2D eigenvalue weighted by Crippen LogP contribution is 2.20. The highest BCUT2D eigenvalue weighted by atomic mass is 16.9. The highest BCUT2D eigenvalue weighted by Gasteiger charge is 2.32. The molecule has 0 aliphatic carbocycles. The van der Waals surface area contributed by atoms with Gasteiger partial charge in [-0.25, -0.2) is 19.0 Å². The molecule has 0 unspecified atom stereocenters. The normalized spacial score (nSPS) is 11.8. The Bertz CT molecular complexity index is 551. The Hall–Kier alpha value is -1.71. The minimum absolute atomic E-state index is 0.0229. The number of aromatic nitrogens is 3. The summed E-state index contributed by atoms with van der Waals surface area (Å²) < 4.78 is 17.3. The Labute approximate surface area is 120 Å². The van der Waals surface area contributed by atoms with Gasteiger partial charge in [0.05, 0.1) is 0 Å². The number of ether oxygens (including phenoxy) is 3. The second kappa shape index (κ2) is 7.91. The molecule has 0 aliphatic rings. The zero-order valence-corrected chi connectivity index (χ0v) is 12.4. The Morgan fingerprint density at radius 3 is 1.71 bits per heavy atom. The molecule has 0 aliphatic heterocycles. The van der Waals surface area contributed by atoms with Gasteiger partial charge >= 0.3 is 17.1 Å². The molecular formula is C12H21N3O6. The summed E-state index contributed by atoms with van der Waals surface area (Å²) in [6, 6.07) is 0. The molecule has 9 heteroatoms. The van der Waals surface area contributed by atoms with Gasteiger partial charge in [0, 0.05) is 32.8 Å². The highest BCUT2D eigenvalue weighted by molar-refractivity contribution is 4.71. The van der Waals surface area contributed by atoms with E-state index in [1.54, 1.807) is 20.8 Å². The largest absolute Gasteiger partial charge is 0.333 e. The van der Waals surface area contributed by atoms with Gasteiger partial charge in [-0.1, -0.05) is 0 Å². The molecule has 0 amide bonds. The van der Waals surface area contributed by atoms with Crippen LogP contribution in [0.3, 0.4) is 0 Å². The Morgan fingerprint density at radius 2 is 1.33 bits per heavy atom. The molecule has 0 fully saturated rings. The molecule has 0 saturated carbocycles. The van der Waals surface area contributed by atoms with Crippen molar-refractivity contribution in [2.24, 2.45) is 0 Å². The van der Waals surface area contributed by atoms with Crippen molar-refractivity contribution in [3.05, 3.63) is 31.5 Å². The van der Waals surface area contributed by atoms with Crippen molar-refractivity contribution in [3.8, 4) is 0 Å². The minimum Gasteiger partial charge on any atom is -0.328 e. The predicted molar refractivity (Wildman–Crippen MR) is 74.2 cm³/mol. The van der Waals surface area contributed by atoms with Crippen LogP contribution in [0.2, 0.25) is 0 Å². The van der Waals surface area contributed by atoms with Gasteiger partial charge in [-0.2, -0.15) is 0 Å². The molecule has 0 bridgehead atoms. The van der Waals surface area contributed by atoms with Gasteiger partial charge in [0.1, 0.15) is 0 Å². The van der Waals surface area contributed by atoms with Gasteiger partial charge in [0.25, 0.3) is 5.97 Å². The zero-order chi connectivity index (χ0) is 15.9. The smallest absolute Gasteiger partial charge is 0.328 e. The van der Waals surface area contributed by atoms with Gasteiger partial charge < -0.3 is 14.2 Å². The number of hydrogen-bond donors (Lipinski definition) is 2. The summed E-state index contributed by atoms with van der Waals surface area (Å²) in [5, 5.41) is 0. The molecule has 0 atom stereocenters. The molecule has 2 N–H and O–H groups in total. The maximum atomic E-state index is 11.6. The van der Waals surface area contributed by atoms with Crippen molar-refractivity contribution < 1.29 is 14.2 Å². The maximum absolute atomic E-state index is 11.6. The summed E-state index contributed by atoms with van der Waals surface area (Å²) in [7, 11) is 0. The van der Waals surface area contributed by atoms with Crippen LogP contribution in [0.4, 0.5) is 0 Å². The summed E-state index contributed by atoms with van der Waals surface area (Å²) in [5.41, 5.74) is -2.42. The molecule has 0 spiro atoms. The quantitative estimate of drug-likeness (QED) is 0.587. The van der Waals surface area contributed by atoms with Gasteiger partial charge in [0.2, 0.25) is 0 Å². The van der Waals surface area contributed by atoms with E-state index in [4.69, 9.17) is 14.2 Å². The van der Waals surface area contributed by atoms with Gasteiger partial charge in [-0.3, -0.25) is 9.97 Å². The van der Waals surface area contributed by atoms with E-state index in [-0.39, 0.29) is 13.0 Å². The third-order valence-corrected chi connectivity index (χ3v) is 2.67. The number of rotatable bonds is 9. The van der Waals surface area contributed by atoms with Crippen LogP contribution in [0.5, 0.6) is 0 Å². The van der Waals surface area contributed by atoms with Crippen molar-refractivity contribution >= 4 is 0 Å². The topological polar surface area (TPSA) is 115 Å². The first-order chi connectivity index (χ1) is 9.98. The third kappa shape index (κ3) is 4.66. The fourth-order valence-corrected chi connectivity index (χ4v) is 1.91. The summed E-state index contributed by atoms with van der Waals surface area (Å²) in [4.78, 5) is 38.2. The number of H-pyrrole nitrogens is 2. The first kappa shape index (κ1) is 17.3. The number of hydrogen-bond acceptors (Lipinski definition) is 6. The lowest BCUT2D eigenvalue weighted by Crippen LogP contribution is -2.46. The van der Waals surface area contributed by atoms with Crippen molar-refractivity contribution in [2.75, 3.05) is 19.8 Å². The van der Waals surface area contributed by atoms with Crippen molar-refractivity contribution in [1.29, 1.82) is 0 Å². The first-order valence-electron chi connectivity index (χ1n) is 6.83. The van der Waals surface area contributed by atoms with E-state index >= 15 is 0 Å². The van der Waals surface area contributed by atoms with Crippen molar-refractivity contribution in [1.82, 2.24) is 14.5 Å². The number of nitrogens with one attached hydrogen (secondary N) is 2. The molecule has 0 radical (unpaired) electrons. The summed E-state index contributed by atoms with van der Waals surface area (Å²) in [6.07, 6.45) is 0.123. The molecule has 21 heavy (non-hydrogen) atoms. The lowest BCUT2D eigenvalue weighted by Gasteiger charge is -2.32. The molecule has 0 saturated heterocycles. The van der Waals surface area contributed by atoms with Crippen LogP contribution < -0.4 is 17.1 Å². The fraction of sp³-hybridized carbons (Fsp3) is 0.750. The van der Waals surface area contributed by atoms with Crippen LogP contribution in [0.1, 0.15) is 27.2 Å². The summed E-state index contributed by atoms with van der Waals surface area (Å²) in [5.74, 6) is -1.32. The predicted octanol–water partition coefficient (Wildman–Crippen LogP) is -0.622. The van der Waals surface area contributed by atoms with E-state index < -0.39 is 23.0 Å². The van der Waals surface area contributed by atoms with E-state index in [1.807, 2.05) is 9.97 Å². The lowest BCUT2D eigenvalue weighted by atomic mass is 10.3.